The van der Waals surface area contributed by atoms with Crippen LogP contribution >= 0.6 is 11.8 Å². The average molecular weight is 305 g/mol. The summed E-state index contributed by atoms with van der Waals surface area (Å²) in [5.74, 6) is 0.585. The van der Waals surface area contributed by atoms with E-state index in [4.69, 9.17) is 15.7 Å². The number of nitriles is 1. The quantitative estimate of drug-likeness (QED) is 0.864. The molecule has 0 amide bonds. The summed E-state index contributed by atoms with van der Waals surface area (Å²) >= 11 is 1.50. The van der Waals surface area contributed by atoms with Crippen molar-refractivity contribution in [1.82, 2.24) is 0 Å². The van der Waals surface area contributed by atoms with E-state index in [1.807, 2.05) is 6.92 Å². The maximum atomic E-state index is 14.4. The van der Waals surface area contributed by atoms with E-state index >= 15 is 0 Å². The van der Waals surface area contributed by atoms with Crippen LogP contribution in [-0.2, 0) is 10.3 Å². The van der Waals surface area contributed by atoms with E-state index in [0.717, 1.165) is 12.2 Å². The number of ether oxygens (including phenoxy) is 1. The SMILES string of the molecule is CC1CC2CSC(N)=NC2(c2cc(C#N)ccc2F)CO1. The molecule has 2 heterocycles. The van der Waals surface area contributed by atoms with E-state index in [0.29, 0.717) is 22.9 Å². The predicted octanol–water partition coefficient (Wildman–Crippen LogP) is 2.38. The Hall–Kier alpha value is -1.58. The van der Waals surface area contributed by atoms with Crippen molar-refractivity contribution in [3.05, 3.63) is 35.1 Å². The van der Waals surface area contributed by atoms with Crippen molar-refractivity contribution in [3.8, 4) is 6.07 Å². The number of aliphatic imine (C=N–C) groups is 1. The summed E-state index contributed by atoms with van der Waals surface area (Å²) in [4.78, 5) is 4.56. The molecule has 0 spiro atoms. The van der Waals surface area contributed by atoms with Gasteiger partial charge in [0.05, 0.1) is 24.3 Å². The first-order valence-corrected chi connectivity index (χ1v) is 7.83. The second-order valence-corrected chi connectivity index (χ2v) is 6.59. The van der Waals surface area contributed by atoms with E-state index in [9.17, 15) is 4.39 Å². The topological polar surface area (TPSA) is 71.4 Å². The molecule has 1 fully saturated rings. The fourth-order valence-electron chi connectivity index (χ4n) is 3.08. The molecule has 6 heteroatoms. The average Bonchev–Trinajstić information content (AvgIpc) is 2.48. The number of rotatable bonds is 1. The summed E-state index contributed by atoms with van der Waals surface area (Å²) in [7, 11) is 0. The summed E-state index contributed by atoms with van der Waals surface area (Å²) < 4.78 is 20.2. The third-order valence-electron chi connectivity index (χ3n) is 4.18. The number of benzene rings is 1. The van der Waals surface area contributed by atoms with Crippen LogP contribution < -0.4 is 5.73 Å². The lowest BCUT2D eigenvalue weighted by molar-refractivity contribution is -0.0477. The zero-order valence-electron chi connectivity index (χ0n) is 11.7. The first kappa shape index (κ1) is 14.4. The van der Waals surface area contributed by atoms with Crippen LogP contribution in [0.4, 0.5) is 4.39 Å². The van der Waals surface area contributed by atoms with Gasteiger partial charge in [0.15, 0.2) is 5.17 Å². The zero-order valence-corrected chi connectivity index (χ0v) is 12.5. The third kappa shape index (κ3) is 2.41. The number of thioether (sulfide) groups is 1. The Morgan fingerprint density at radius 3 is 3.14 bits per heavy atom. The van der Waals surface area contributed by atoms with E-state index in [-0.39, 0.29) is 17.8 Å². The van der Waals surface area contributed by atoms with Crippen LogP contribution in [-0.4, -0.2) is 23.6 Å². The zero-order chi connectivity index (χ0) is 15.0. The van der Waals surface area contributed by atoms with Crippen molar-refractivity contribution in [3.63, 3.8) is 0 Å². The van der Waals surface area contributed by atoms with Gasteiger partial charge >= 0.3 is 0 Å². The third-order valence-corrected chi connectivity index (χ3v) is 5.14. The van der Waals surface area contributed by atoms with Crippen LogP contribution in [0.2, 0.25) is 0 Å². The van der Waals surface area contributed by atoms with Crippen molar-refractivity contribution in [2.75, 3.05) is 12.4 Å². The second-order valence-electron chi connectivity index (χ2n) is 5.55. The van der Waals surface area contributed by atoms with Gasteiger partial charge in [0.25, 0.3) is 0 Å². The minimum absolute atomic E-state index is 0.125. The van der Waals surface area contributed by atoms with Crippen molar-refractivity contribution in [2.45, 2.75) is 25.0 Å². The molecule has 0 saturated carbocycles. The molecule has 3 rings (SSSR count). The van der Waals surface area contributed by atoms with Crippen LogP contribution in [0.25, 0.3) is 0 Å². The summed E-state index contributed by atoms with van der Waals surface area (Å²) in [6.45, 7) is 2.31. The van der Waals surface area contributed by atoms with Crippen LogP contribution in [0.5, 0.6) is 0 Å². The number of fused-ring (bicyclic) bond motifs is 1. The number of hydrogen-bond acceptors (Lipinski definition) is 5. The Balaban J connectivity index is 2.15. The van der Waals surface area contributed by atoms with Crippen LogP contribution in [0, 0.1) is 23.1 Å². The van der Waals surface area contributed by atoms with Gasteiger partial charge in [0.2, 0.25) is 0 Å². The Kier molecular flexibility index (Phi) is 3.64. The molecule has 1 saturated heterocycles. The Morgan fingerprint density at radius 2 is 2.38 bits per heavy atom. The summed E-state index contributed by atoms with van der Waals surface area (Å²) in [6.07, 6.45) is 0.931. The molecule has 0 radical (unpaired) electrons. The molecule has 1 aromatic carbocycles. The molecule has 3 atom stereocenters. The lowest BCUT2D eigenvalue weighted by Crippen LogP contribution is -2.50. The minimum Gasteiger partial charge on any atom is -0.379 e. The Bertz CT molecular complexity index is 642. The Labute approximate surface area is 127 Å². The van der Waals surface area contributed by atoms with E-state index in [1.54, 1.807) is 6.07 Å². The summed E-state index contributed by atoms with van der Waals surface area (Å²) in [5, 5.41) is 9.52. The fourth-order valence-corrected chi connectivity index (χ4v) is 4.09. The van der Waals surface area contributed by atoms with Gasteiger partial charge in [-0.25, -0.2) is 9.38 Å². The van der Waals surface area contributed by atoms with Gasteiger partial charge in [0, 0.05) is 17.2 Å². The molecule has 2 aliphatic rings. The highest BCUT2D eigenvalue weighted by atomic mass is 32.2. The normalized spacial score (nSPS) is 32.0. The highest BCUT2D eigenvalue weighted by Gasteiger charge is 2.48. The van der Waals surface area contributed by atoms with Gasteiger partial charge in [0.1, 0.15) is 11.4 Å². The first-order valence-electron chi connectivity index (χ1n) is 6.85. The predicted molar refractivity (Wildman–Crippen MR) is 80.4 cm³/mol. The molecule has 2 N–H and O–H groups in total. The Morgan fingerprint density at radius 1 is 1.57 bits per heavy atom. The lowest BCUT2D eigenvalue weighted by Gasteiger charge is -2.45. The van der Waals surface area contributed by atoms with Gasteiger partial charge in [-0.2, -0.15) is 5.26 Å². The maximum absolute atomic E-state index is 14.4. The van der Waals surface area contributed by atoms with Gasteiger partial charge in [-0.3, -0.25) is 0 Å². The summed E-state index contributed by atoms with van der Waals surface area (Å²) in [5.41, 5.74) is 5.92. The van der Waals surface area contributed by atoms with Crippen LogP contribution in [0.3, 0.4) is 0 Å². The molecule has 0 bridgehead atoms. The number of amidine groups is 1. The lowest BCUT2D eigenvalue weighted by atomic mass is 9.75. The van der Waals surface area contributed by atoms with Crippen LogP contribution in [0.15, 0.2) is 23.2 Å². The maximum Gasteiger partial charge on any atom is 0.154 e. The van der Waals surface area contributed by atoms with Gasteiger partial charge in [-0.15, -0.1) is 0 Å². The number of hydrogen-bond donors (Lipinski definition) is 1. The van der Waals surface area contributed by atoms with E-state index in [2.05, 4.69) is 11.1 Å². The molecule has 1 aromatic rings. The minimum atomic E-state index is -0.807. The largest absolute Gasteiger partial charge is 0.379 e. The van der Waals surface area contributed by atoms with Crippen molar-refractivity contribution < 1.29 is 9.13 Å². The molecule has 0 aromatic heterocycles. The van der Waals surface area contributed by atoms with E-state index < -0.39 is 5.54 Å². The van der Waals surface area contributed by atoms with Crippen molar-refractivity contribution >= 4 is 16.9 Å². The number of nitrogens with two attached hydrogens (primary N) is 1. The fraction of sp³-hybridized carbons (Fsp3) is 0.467. The standard InChI is InChI=1S/C15H16FN3OS/c1-9-4-11-7-21-14(18)19-15(11,8-20-9)12-5-10(6-17)2-3-13(12)16/h2-3,5,9,11H,4,7-8H2,1H3,(H2,18,19). The summed E-state index contributed by atoms with van der Waals surface area (Å²) in [6, 6.07) is 6.43. The molecule has 2 aliphatic heterocycles. The van der Waals surface area contributed by atoms with Crippen molar-refractivity contribution in [2.24, 2.45) is 16.6 Å². The number of nitrogens with zero attached hydrogens (tertiary/aromatic N) is 2. The molecular formula is C15H16FN3OS. The number of halogens is 1. The molecule has 110 valence electrons. The first-order chi connectivity index (χ1) is 10.0. The molecule has 4 nitrogen and oxygen atoms in total. The van der Waals surface area contributed by atoms with Gasteiger partial charge in [-0.05, 0) is 31.5 Å². The van der Waals surface area contributed by atoms with Crippen molar-refractivity contribution in [1.29, 1.82) is 5.26 Å². The smallest absolute Gasteiger partial charge is 0.154 e. The molecule has 0 aliphatic carbocycles. The highest BCUT2D eigenvalue weighted by Crippen LogP contribution is 2.46. The molecule has 3 unspecified atom stereocenters. The molecule has 21 heavy (non-hydrogen) atoms. The van der Waals surface area contributed by atoms with Gasteiger partial charge in [-0.1, -0.05) is 11.8 Å². The van der Waals surface area contributed by atoms with Crippen LogP contribution in [0.1, 0.15) is 24.5 Å². The molecular weight excluding hydrogens is 289 g/mol. The highest BCUT2D eigenvalue weighted by molar-refractivity contribution is 8.13. The monoisotopic (exact) mass is 305 g/mol. The van der Waals surface area contributed by atoms with Gasteiger partial charge < -0.3 is 10.5 Å². The van der Waals surface area contributed by atoms with E-state index in [1.165, 1.54) is 23.9 Å². The second kappa shape index (κ2) is 5.32.